The zero-order valence-corrected chi connectivity index (χ0v) is 11.8. The Morgan fingerprint density at radius 2 is 1.16 bits per heavy atom. The lowest BCUT2D eigenvalue weighted by Gasteiger charge is -2.00. The number of methoxy groups -OCH3 is 2. The van der Waals surface area contributed by atoms with Crippen LogP contribution >= 0.6 is 0 Å². The molecule has 0 unspecified atom stereocenters. The molecule has 1 aromatic rings. The van der Waals surface area contributed by atoms with E-state index >= 15 is 0 Å². The van der Waals surface area contributed by atoms with E-state index in [1.165, 1.54) is 38.5 Å². The minimum Gasteiger partial charge on any atom is -0.465 e. The summed E-state index contributed by atoms with van der Waals surface area (Å²) in [6.45, 7) is 5.67. The molecule has 0 saturated heterocycles. The van der Waals surface area contributed by atoms with Crippen molar-refractivity contribution in [2.45, 2.75) is 13.8 Å². The highest BCUT2D eigenvalue weighted by molar-refractivity contribution is 5.93. The average Bonchev–Trinajstić information content (AvgIpc) is 2.47. The lowest BCUT2D eigenvalue weighted by atomic mass is 10.1. The van der Waals surface area contributed by atoms with Gasteiger partial charge >= 0.3 is 11.9 Å². The van der Waals surface area contributed by atoms with E-state index in [-0.39, 0.29) is 0 Å². The van der Waals surface area contributed by atoms with Crippen molar-refractivity contribution >= 4 is 11.9 Å². The van der Waals surface area contributed by atoms with Gasteiger partial charge in [-0.1, -0.05) is 0 Å². The van der Waals surface area contributed by atoms with E-state index in [1.54, 1.807) is 0 Å². The van der Waals surface area contributed by atoms with Crippen LogP contribution in [0.3, 0.4) is 0 Å². The van der Waals surface area contributed by atoms with Crippen molar-refractivity contribution in [3.63, 3.8) is 0 Å². The SMILES string of the molecule is CCOCC.COC(=O)c1ccc(C(=O)OC)cc1. The van der Waals surface area contributed by atoms with Gasteiger partial charge in [0.25, 0.3) is 0 Å². The normalized spacial score (nSPS) is 9.05. The minimum atomic E-state index is -0.429. The molecule has 106 valence electrons. The molecule has 19 heavy (non-hydrogen) atoms. The van der Waals surface area contributed by atoms with Gasteiger partial charge < -0.3 is 14.2 Å². The summed E-state index contributed by atoms with van der Waals surface area (Å²) >= 11 is 0. The quantitative estimate of drug-likeness (QED) is 0.784. The van der Waals surface area contributed by atoms with Crippen LogP contribution in [-0.4, -0.2) is 39.4 Å². The molecule has 0 aromatic heterocycles. The van der Waals surface area contributed by atoms with Crippen LogP contribution in [0.2, 0.25) is 0 Å². The van der Waals surface area contributed by atoms with Crippen LogP contribution in [0.1, 0.15) is 34.6 Å². The predicted octanol–water partition coefficient (Wildman–Crippen LogP) is 2.30. The minimum absolute atomic E-state index is 0.403. The number of esters is 2. The van der Waals surface area contributed by atoms with Crippen molar-refractivity contribution in [2.75, 3.05) is 27.4 Å². The summed E-state index contributed by atoms with van der Waals surface area (Å²) in [6, 6.07) is 6.05. The molecular formula is C14H20O5. The first-order valence-electron chi connectivity index (χ1n) is 5.95. The molecular weight excluding hydrogens is 248 g/mol. The first-order valence-corrected chi connectivity index (χ1v) is 5.95. The maximum Gasteiger partial charge on any atom is 0.337 e. The maximum absolute atomic E-state index is 11.0. The summed E-state index contributed by atoms with van der Waals surface area (Å²) in [5.41, 5.74) is 0.806. The first kappa shape index (κ1) is 17.1. The van der Waals surface area contributed by atoms with Gasteiger partial charge in [-0.05, 0) is 38.1 Å². The molecule has 1 rings (SSSR count). The van der Waals surface area contributed by atoms with Crippen molar-refractivity contribution in [2.24, 2.45) is 0 Å². The number of rotatable bonds is 4. The lowest BCUT2D eigenvalue weighted by molar-refractivity contribution is 0.0586. The van der Waals surface area contributed by atoms with E-state index in [0.717, 1.165) is 13.2 Å². The van der Waals surface area contributed by atoms with Crippen molar-refractivity contribution < 1.29 is 23.8 Å². The van der Waals surface area contributed by atoms with Crippen LogP contribution in [0.15, 0.2) is 24.3 Å². The third kappa shape index (κ3) is 6.57. The van der Waals surface area contributed by atoms with Gasteiger partial charge in [0.1, 0.15) is 0 Å². The fraction of sp³-hybridized carbons (Fsp3) is 0.429. The van der Waals surface area contributed by atoms with Gasteiger partial charge in [-0.15, -0.1) is 0 Å². The molecule has 0 aliphatic heterocycles. The van der Waals surface area contributed by atoms with Gasteiger partial charge in [-0.3, -0.25) is 0 Å². The smallest absolute Gasteiger partial charge is 0.337 e. The van der Waals surface area contributed by atoms with E-state index in [2.05, 4.69) is 9.47 Å². The standard InChI is InChI=1S/C10H10O4.C4H10O/c1-13-9(11)7-3-5-8(6-4-7)10(12)14-2;1-3-5-4-2/h3-6H,1-2H3;3-4H2,1-2H3. The van der Waals surface area contributed by atoms with Crippen LogP contribution in [0.25, 0.3) is 0 Å². The Bertz CT molecular complexity index is 346. The number of carbonyl (C=O) groups excluding carboxylic acids is 2. The van der Waals surface area contributed by atoms with Gasteiger partial charge in [0.2, 0.25) is 0 Å². The number of ether oxygens (including phenoxy) is 3. The maximum atomic E-state index is 11.0. The summed E-state index contributed by atoms with van der Waals surface area (Å²) in [5.74, 6) is -0.858. The second-order valence-corrected chi connectivity index (χ2v) is 3.34. The largest absolute Gasteiger partial charge is 0.465 e. The van der Waals surface area contributed by atoms with Crippen molar-refractivity contribution in [3.05, 3.63) is 35.4 Å². The molecule has 0 radical (unpaired) electrons. The molecule has 1 aromatic carbocycles. The van der Waals surface area contributed by atoms with Gasteiger partial charge in [-0.25, -0.2) is 9.59 Å². The van der Waals surface area contributed by atoms with Crippen molar-refractivity contribution in [1.29, 1.82) is 0 Å². The van der Waals surface area contributed by atoms with Crippen molar-refractivity contribution in [1.82, 2.24) is 0 Å². The lowest BCUT2D eigenvalue weighted by Crippen LogP contribution is -2.04. The zero-order valence-electron chi connectivity index (χ0n) is 11.8. The van der Waals surface area contributed by atoms with Crippen LogP contribution < -0.4 is 0 Å². The van der Waals surface area contributed by atoms with Crippen LogP contribution in [0.5, 0.6) is 0 Å². The fourth-order valence-corrected chi connectivity index (χ4v) is 1.18. The first-order chi connectivity index (χ1) is 9.10. The zero-order chi connectivity index (χ0) is 14.7. The number of carbonyl (C=O) groups is 2. The highest BCUT2D eigenvalue weighted by Gasteiger charge is 2.08. The molecule has 0 spiro atoms. The molecule has 0 amide bonds. The van der Waals surface area contributed by atoms with Crippen LogP contribution in [-0.2, 0) is 14.2 Å². The van der Waals surface area contributed by atoms with E-state index in [4.69, 9.17) is 4.74 Å². The second-order valence-electron chi connectivity index (χ2n) is 3.34. The average molecular weight is 268 g/mol. The monoisotopic (exact) mass is 268 g/mol. The Labute approximate surface area is 113 Å². The Kier molecular flexibility index (Phi) is 9.08. The molecule has 0 heterocycles. The van der Waals surface area contributed by atoms with Gasteiger partial charge in [0.15, 0.2) is 0 Å². The number of benzene rings is 1. The molecule has 0 bridgehead atoms. The Morgan fingerprint density at radius 1 is 0.842 bits per heavy atom. The third-order valence-corrected chi connectivity index (χ3v) is 2.14. The second kappa shape index (κ2) is 10.1. The molecule has 5 nitrogen and oxygen atoms in total. The number of hydrogen-bond acceptors (Lipinski definition) is 5. The topological polar surface area (TPSA) is 61.8 Å². The number of hydrogen-bond donors (Lipinski definition) is 0. The highest BCUT2D eigenvalue weighted by Crippen LogP contribution is 2.06. The molecule has 0 aliphatic carbocycles. The molecule has 0 saturated carbocycles. The Balaban J connectivity index is 0.000000555. The summed E-state index contributed by atoms with van der Waals surface area (Å²) in [5, 5.41) is 0. The van der Waals surface area contributed by atoms with Crippen LogP contribution in [0, 0.1) is 0 Å². The van der Waals surface area contributed by atoms with Crippen molar-refractivity contribution in [3.8, 4) is 0 Å². The van der Waals surface area contributed by atoms with E-state index < -0.39 is 11.9 Å². The Hall–Kier alpha value is -1.88. The Morgan fingerprint density at radius 3 is 1.32 bits per heavy atom. The van der Waals surface area contributed by atoms with Gasteiger partial charge in [0.05, 0.1) is 25.3 Å². The van der Waals surface area contributed by atoms with Crippen LogP contribution in [0.4, 0.5) is 0 Å². The highest BCUT2D eigenvalue weighted by atomic mass is 16.5. The molecule has 0 fully saturated rings. The molecule has 0 N–H and O–H groups in total. The molecule has 5 heteroatoms. The van der Waals surface area contributed by atoms with E-state index in [9.17, 15) is 9.59 Å². The molecule has 0 atom stereocenters. The van der Waals surface area contributed by atoms with E-state index in [1.807, 2.05) is 13.8 Å². The predicted molar refractivity (Wildman–Crippen MR) is 71.3 cm³/mol. The summed E-state index contributed by atoms with van der Waals surface area (Å²) in [4.78, 5) is 22.1. The summed E-state index contributed by atoms with van der Waals surface area (Å²) in [7, 11) is 2.60. The van der Waals surface area contributed by atoms with Gasteiger partial charge in [0, 0.05) is 13.2 Å². The fourth-order valence-electron chi connectivity index (χ4n) is 1.18. The summed E-state index contributed by atoms with van der Waals surface area (Å²) < 4.78 is 13.8. The molecule has 0 aliphatic rings. The third-order valence-electron chi connectivity index (χ3n) is 2.14. The summed E-state index contributed by atoms with van der Waals surface area (Å²) in [6.07, 6.45) is 0. The van der Waals surface area contributed by atoms with E-state index in [0.29, 0.717) is 11.1 Å². The van der Waals surface area contributed by atoms with Gasteiger partial charge in [-0.2, -0.15) is 0 Å².